The number of halogens is 1. The topological polar surface area (TPSA) is 26.3 Å². The van der Waals surface area contributed by atoms with E-state index in [2.05, 4.69) is 0 Å². The molecular formula is C11H21ClO2. The summed E-state index contributed by atoms with van der Waals surface area (Å²) in [5.41, 5.74) is -0.354. The first-order valence-electron chi connectivity index (χ1n) is 5.23. The Morgan fingerprint density at radius 1 is 1.14 bits per heavy atom. The van der Waals surface area contributed by atoms with Crippen LogP contribution >= 0.6 is 11.6 Å². The lowest BCUT2D eigenvalue weighted by atomic mass is 10.1. The van der Waals surface area contributed by atoms with Crippen molar-refractivity contribution >= 4 is 17.6 Å². The average molecular weight is 221 g/mol. The smallest absolute Gasteiger partial charge is 0.306 e. The molecule has 0 N–H and O–H groups in total. The van der Waals surface area contributed by atoms with E-state index in [4.69, 9.17) is 16.3 Å². The normalized spacial score (nSPS) is 11.4. The average Bonchev–Trinajstić information content (AvgIpc) is 2.00. The quantitative estimate of drug-likeness (QED) is 0.389. The van der Waals surface area contributed by atoms with Gasteiger partial charge in [-0.15, -0.1) is 11.6 Å². The fourth-order valence-electron chi connectivity index (χ4n) is 1.11. The first kappa shape index (κ1) is 13.8. The predicted molar refractivity (Wildman–Crippen MR) is 59.7 cm³/mol. The summed E-state index contributed by atoms with van der Waals surface area (Å²) >= 11 is 5.54. The second kappa shape index (κ2) is 7.10. The number of rotatable bonds is 6. The van der Waals surface area contributed by atoms with Gasteiger partial charge in [0.05, 0.1) is 0 Å². The molecule has 0 aromatic heterocycles. The summed E-state index contributed by atoms with van der Waals surface area (Å²) in [4.78, 5) is 11.2. The zero-order valence-electron chi connectivity index (χ0n) is 9.44. The number of carbonyl (C=O) groups excluding carboxylic acids is 1. The van der Waals surface area contributed by atoms with Gasteiger partial charge in [-0.05, 0) is 33.6 Å². The van der Waals surface area contributed by atoms with E-state index in [-0.39, 0.29) is 11.6 Å². The van der Waals surface area contributed by atoms with Crippen LogP contribution in [0, 0.1) is 0 Å². The van der Waals surface area contributed by atoms with Gasteiger partial charge in [0.1, 0.15) is 5.60 Å². The van der Waals surface area contributed by atoms with Crippen LogP contribution < -0.4 is 0 Å². The summed E-state index contributed by atoms with van der Waals surface area (Å²) in [5.74, 6) is 0.621. The SMILES string of the molecule is CC(C)(C)OC(=O)CCCCCCCl. The lowest BCUT2D eigenvalue weighted by Crippen LogP contribution is -2.23. The monoisotopic (exact) mass is 220 g/mol. The summed E-state index contributed by atoms with van der Waals surface area (Å²) in [5, 5.41) is 0. The van der Waals surface area contributed by atoms with Crippen molar-refractivity contribution in [3.63, 3.8) is 0 Å². The molecule has 14 heavy (non-hydrogen) atoms. The van der Waals surface area contributed by atoms with Gasteiger partial charge >= 0.3 is 5.97 Å². The van der Waals surface area contributed by atoms with E-state index >= 15 is 0 Å². The minimum atomic E-state index is -0.354. The number of hydrogen-bond donors (Lipinski definition) is 0. The second-order valence-electron chi connectivity index (χ2n) is 4.44. The van der Waals surface area contributed by atoms with E-state index in [9.17, 15) is 4.79 Å². The molecule has 0 saturated carbocycles. The van der Waals surface area contributed by atoms with E-state index < -0.39 is 0 Å². The molecule has 0 amide bonds. The van der Waals surface area contributed by atoms with E-state index in [1.54, 1.807) is 0 Å². The first-order chi connectivity index (χ1) is 6.45. The van der Waals surface area contributed by atoms with Gasteiger partial charge in [0.15, 0.2) is 0 Å². The number of esters is 1. The molecule has 84 valence electrons. The van der Waals surface area contributed by atoms with Gasteiger partial charge in [-0.1, -0.05) is 12.8 Å². The molecule has 0 bridgehead atoms. The van der Waals surface area contributed by atoms with Crippen LogP contribution in [-0.2, 0) is 9.53 Å². The van der Waals surface area contributed by atoms with Crippen molar-refractivity contribution in [2.24, 2.45) is 0 Å². The zero-order valence-corrected chi connectivity index (χ0v) is 10.2. The van der Waals surface area contributed by atoms with Crippen molar-refractivity contribution in [3.05, 3.63) is 0 Å². The highest BCUT2D eigenvalue weighted by molar-refractivity contribution is 6.17. The Balaban J connectivity index is 3.36. The third-order valence-corrected chi connectivity index (χ3v) is 1.95. The summed E-state index contributed by atoms with van der Waals surface area (Å²) in [6.07, 6.45) is 4.64. The lowest BCUT2D eigenvalue weighted by molar-refractivity contribution is -0.154. The van der Waals surface area contributed by atoms with Gasteiger partial charge in [0.2, 0.25) is 0 Å². The number of carbonyl (C=O) groups is 1. The molecule has 0 aromatic carbocycles. The van der Waals surface area contributed by atoms with Crippen molar-refractivity contribution in [3.8, 4) is 0 Å². The lowest BCUT2D eigenvalue weighted by Gasteiger charge is -2.19. The minimum absolute atomic E-state index is 0.0941. The molecule has 0 fully saturated rings. The Kier molecular flexibility index (Phi) is 6.98. The molecule has 0 unspecified atom stereocenters. The number of ether oxygens (including phenoxy) is 1. The maximum atomic E-state index is 11.2. The van der Waals surface area contributed by atoms with Crippen molar-refractivity contribution in [2.75, 3.05) is 5.88 Å². The Morgan fingerprint density at radius 2 is 1.71 bits per heavy atom. The highest BCUT2D eigenvalue weighted by atomic mass is 35.5. The molecule has 2 nitrogen and oxygen atoms in total. The summed E-state index contributed by atoms with van der Waals surface area (Å²) in [7, 11) is 0. The van der Waals surface area contributed by atoms with Crippen LogP contribution in [0.2, 0.25) is 0 Å². The van der Waals surface area contributed by atoms with Crippen molar-refractivity contribution in [1.29, 1.82) is 0 Å². The molecule has 0 aliphatic rings. The zero-order chi connectivity index (χ0) is 11.0. The fourth-order valence-corrected chi connectivity index (χ4v) is 1.30. The summed E-state index contributed by atoms with van der Waals surface area (Å²) < 4.78 is 5.18. The van der Waals surface area contributed by atoms with Crippen LogP contribution in [0.1, 0.15) is 52.9 Å². The Bertz CT molecular complexity index is 161. The van der Waals surface area contributed by atoms with Crippen LogP contribution in [0.25, 0.3) is 0 Å². The van der Waals surface area contributed by atoms with Gasteiger partial charge < -0.3 is 4.74 Å². The van der Waals surface area contributed by atoms with Crippen molar-refractivity contribution in [1.82, 2.24) is 0 Å². The molecule has 0 radical (unpaired) electrons. The van der Waals surface area contributed by atoms with Gasteiger partial charge in [-0.25, -0.2) is 0 Å². The van der Waals surface area contributed by atoms with Crippen LogP contribution in [0.5, 0.6) is 0 Å². The van der Waals surface area contributed by atoms with Crippen LogP contribution in [0.4, 0.5) is 0 Å². The van der Waals surface area contributed by atoms with E-state index in [1.807, 2.05) is 20.8 Å². The maximum Gasteiger partial charge on any atom is 0.306 e. The Morgan fingerprint density at radius 3 is 2.21 bits per heavy atom. The third-order valence-electron chi connectivity index (χ3n) is 1.68. The number of unbranched alkanes of at least 4 members (excludes halogenated alkanes) is 3. The molecule has 0 rings (SSSR count). The molecule has 0 heterocycles. The van der Waals surface area contributed by atoms with E-state index in [0.29, 0.717) is 12.3 Å². The molecule has 3 heteroatoms. The molecule has 0 aliphatic heterocycles. The standard InChI is InChI=1S/C11H21ClO2/c1-11(2,3)14-10(13)8-6-4-5-7-9-12/h4-9H2,1-3H3. The molecule has 0 atom stereocenters. The minimum Gasteiger partial charge on any atom is -0.460 e. The van der Waals surface area contributed by atoms with Gasteiger partial charge in [0, 0.05) is 12.3 Å². The van der Waals surface area contributed by atoms with Crippen molar-refractivity contribution < 1.29 is 9.53 Å². The summed E-state index contributed by atoms with van der Waals surface area (Å²) in [6, 6.07) is 0. The molecule has 0 spiro atoms. The van der Waals surface area contributed by atoms with E-state index in [0.717, 1.165) is 25.7 Å². The third kappa shape index (κ3) is 9.85. The largest absolute Gasteiger partial charge is 0.460 e. The highest BCUT2D eigenvalue weighted by Gasteiger charge is 2.15. The van der Waals surface area contributed by atoms with Gasteiger partial charge in [-0.2, -0.15) is 0 Å². The molecular weight excluding hydrogens is 200 g/mol. The van der Waals surface area contributed by atoms with Crippen LogP contribution in [-0.4, -0.2) is 17.5 Å². The van der Waals surface area contributed by atoms with Crippen molar-refractivity contribution in [2.45, 2.75) is 58.5 Å². The van der Waals surface area contributed by atoms with Gasteiger partial charge in [-0.3, -0.25) is 4.79 Å². The highest BCUT2D eigenvalue weighted by Crippen LogP contribution is 2.11. The van der Waals surface area contributed by atoms with Crippen LogP contribution in [0.3, 0.4) is 0 Å². The number of alkyl halides is 1. The van der Waals surface area contributed by atoms with Gasteiger partial charge in [0.25, 0.3) is 0 Å². The molecule has 0 aliphatic carbocycles. The predicted octanol–water partition coefficient (Wildman–Crippen LogP) is 3.52. The second-order valence-corrected chi connectivity index (χ2v) is 4.82. The number of hydrogen-bond acceptors (Lipinski definition) is 2. The Labute approximate surface area is 92.0 Å². The maximum absolute atomic E-state index is 11.2. The first-order valence-corrected chi connectivity index (χ1v) is 5.77. The Hall–Kier alpha value is -0.240. The molecule has 0 saturated heterocycles. The fraction of sp³-hybridized carbons (Fsp3) is 0.909. The summed E-state index contributed by atoms with van der Waals surface area (Å²) in [6.45, 7) is 5.66. The van der Waals surface area contributed by atoms with Crippen LogP contribution in [0.15, 0.2) is 0 Å². The van der Waals surface area contributed by atoms with E-state index in [1.165, 1.54) is 0 Å². The molecule has 0 aromatic rings.